The van der Waals surface area contributed by atoms with E-state index in [1.165, 1.54) is 26.4 Å². The van der Waals surface area contributed by atoms with Gasteiger partial charge in [-0.15, -0.1) is 0 Å². The number of pyridine rings is 1. The lowest BCUT2D eigenvalue weighted by Crippen LogP contribution is -2.41. The average Bonchev–Trinajstić information content (AvgIpc) is 2.78. The molecule has 0 radical (unpaired) electrons. The largest absolute Gasteiger partial charge is 0.465 e. The highest BCUT2D eigenvalue weighted by molar-refractivity contribution is 7.80. The van der Waals surface area contributed by atoms with Crippen molar-refractivity contribution >= 4 is 35.0 Å². The third-order valence-corrected chi connectivity index (χ3v) is 5.26. The minimum atomic E-state index is -0.519. The molecule has 7 nitrogen and oxygen atoms in total. The molecule has 1 aromatic heterocycles. The lowest BCUT2D eigenvalue weighted by molar-refractivity contribution is 0.0587. The van der Waals surface area contributed by atoms with Crippen LogP contribution in [0.25, 0.3) is 0 Å². The van der Waals surface area contributed by atoms with Gasteiger partial charge < -0.3 is 19.7 Å². The summed E-state index contributed by atoms with van der Waals surface area (Å²) in [6.07, 6.45) is 6.67. The second-order valence-electron chi connectivity index (χ2n) is 6.67. The van der Waals surface area contributed by atoms with E-state index in [1.807, 2.05) is 18.3 Å². The van der Waals surface area contributed by atoms with Crippen molar-refractivity contribution in [3.63, 3.8) is 0 Å². The van der Waals surface area contributed by atoms with Crippen molar-refractivity contribution < 1.29 is 19.1 Å². The molecule has 2 aromatic rings. The summed E-state index contributed by atoms with van der Waals surface area (Å²) in [5.41, 5.74) is 2.10. The number of aromatic nitrogens is 1. The molecule has 1 aromatic carbocycles. The predicted molar refractivity (Wildman–Crippen MR) is 113 cm³/mol. The standard InChI is InChI=1S/C21H23N3O4S/c1-27-19(25)14-8-9-16(20(26)28-2)17(12-14)23-21(29)24-11-4-3-7-18(24)15-6-5-10-22-13-15/h5-6,8-10,12-13,18H,3-4,7,11H2,1-2H3,(H,23,29). The highest BCUT2D eigenvalue weighted by Gasteiger charge is 2.27. The number of methoxy groups -OCH3 is 2. The summed E-state index contributed by atoms with van der Waals surface area (Å²) in [6.45, 7) is 0.787. The van der Waals surface area contributed by atoms with Crippen LogP contribution >= 0.6 is 12.2 Å². The number of carbonyl (C=O) groups is 2. The Morgan fingerprint density at radius 3 is 2.66 bits per heavy atom. The second-order valence-corrected chi connectivity index (χ2v) is 7.05. The summed E-state index contributed by atoms with van der Waals surface area (Å²) < 4.78 is 9.64. The first-order valence-corrected chi connectivity index (χ1v) is 9.74. The number of hydrogen-bond donors (Lipinski definition) is 1. The number of hydrogen-bond acceptors (Lipinski definition) is 6. The van der Waals surface area contributed by atoms with E-state index in [4.69, 9.17) is 21.7 Å². The van der Waals surface area contributed by atoms with Gasteiger partial charge in [-0.2, -0.15) is 0 Å². The number of benzene rings is 1. The number of nitrogens with one attached hydrogen (secondary N) is 1. The Kier molecular flexibility index (Phi) is 6.77. The van der Waals surface area contributed by atoms with E-state index < -0.39 is 11.9 Å². The lowest BCUT2D eigenvalue weighted by Gasteiger charge is -2.38. The summed E-state index contributed by atoms with van der Waals surface area (Å²) >= 11 is 5.68. The maximum atomic E-state index is 12.2. The minimum Gasteiger partial charge on any atom is -0.465 e. The molecule has 3 rings (SSSR count). The number of esters is 2. The highest BCUT2D eigenvalue weighted by Crippen LogP contribution is 2.31. The summed E-state index contributed by atoms with van der Waals surface area (Å²) in [4.78, 5) is 30.4. The Labute approximate surface area is 175 Å². The summed E-state index contributed by atoms with van der Waals surface area (Å²) in [6, 6.07) is 8.64. The molecule has 1 saturated heterocycles. The van der Waals surface area contributed by atoms with Crippen LogP contribution in [0.2, 0.25) is 0 Å². The fraction of sp³-hybridized carbons (Fsp3) is 0.333. The number of carbonyl (C=O) groups excluding carboxylic acids is 2. The van der Waals surface area contributed by atoms with Gasteiger partial charge in [-0.05, 0) is 61.3 Å². The number of rotatable bonds is 4. The number of nitrogens with zero attached hydrogens (tertiary/aromatic N) is 2. The van der Waals surface area contributed by atoms with Crippen LogP contribution in [-0.2, 0) is 9.47 Å². The van der Waals surface area contributed by atoms with Crippen molar-refractivity contribution in [2.75, 3.05) is 26.1 Å². The van der Waals surface area contributed by atoms with Gasteiger partial charge in [-0.3, -0.25) is 4.98 Å². The van der Waals surface area contributed by atoms with E-state index in [-0.39, 0.29) is 11.6 Å². The van der Waals surface area contributed by atoms with Crippen molar-refractivity contribution in [1.82, 2.24) is 9.88 Å². The van der Waals surface area contributed by atoms with Gasteiger partial charge in [0, 0.05) is 18.9 Å². The second kappa shape index (κ2) is 9.47. The van der Waals surface area contributed by atoms with Crippen LogP contribution in [0.5, 0.6) is 0 Å². The van der Waals surface area contributed by atoms with Crippen LogP contribution < -0.4 is 5.32 Å². The zero-order valence-electron chi connectivity index (χ0n) is 16.4. The monoisotopic (exact) mass is 413 g/mol. The van der Waals surface area contributed by atoms with Gasteiger partial charge in [-0.25, -0.2) is 9.59 Å². The third kappa shape index (κ3) is 4.71. The van der Waals surface area contributed by atoms with Crippen molar-refractivity contribution in [2.24, 2.45) is 0 Å². The van der Waals surface area contributed by atoms with Gasteiger partial charge in [-0.1, -0.05) is 6.07 Å². The molecule has 8 heteroatoms. The molecular weight excluding hydrogens is 390 g/mol. The zero-order valence-corrected chi connectivity index (χ0v) is 17.2. The summed E-state index contributed by atoms with van der Waals surface area (Å²) in [5, 5.41) is 3.62. The predicted octanol–water partition coefficient (Wildman–Crippen LogP) is 3.58. The van der Waals surface area contributed by atoms with E-state index >= 15 is 0 Å². The molecule has 1 aliphatic heterocycles. The highest BCUT2D eigenvalue weighted by atomic mass is 32.1. The van der Waals surface area contributed by atoms with Gasteiger partial charge in [0.05, 0.1) is 37.1 Å². The quantitative estimate of drug-likeness (QED) is 0.602. The first-order chi connectivity index (χ1) is 14.0. The molecule has 0 bridgehead atoms. The van der Waals surface area contributed by atoms with Crippen LogP contribution in [0.1, 0.15) is 51.6 Å². The van der Waals surface area contributed by atoms with E-state index in [0.29, 0.717) is 16.4 Å². The van der Waals surface area contributed by atoms with Crippen LogP contribution in [0, 0.1) is 0 Å². The smallest absolute Gasteiger partial charge is 0.339 e. The molecule has 1 atom stereocenters. The van der Waals surface area contributed by atoms with Gasteiger partial charge in [0.1, 0.15) is 0 Å². The minimum absolute atomic E-state index is 0.0998. The third-order valence-electron chi connectivity index (χ3n) is 4.92. The molecular formula is C21H23N3O4S. The Hall–Kier alpha value is -3.00. The normalized spacial score (nSPS) is 16.1. The molecule has 0 spiro atoms. The number of likely N-dealkylation sites (tertiary alicyclic amines) is 1. The van der Waals surface area contributed by atoms with E-state index in [2.05, 4.69) is 15.2 Å². The summed E-state index contributed by atoms with van der Waals surface area (Å²) in [7, 11) is 2.61. The molecule has 1 N–H and O–H groups in total. The summed E-state index contributed by atoms with van der Waals surface area (Å²) in [5.74, 6) is -1.02. The first-order valence-electron chi connectivity index (χ1n) is 9.33. The SMILES string of the molecule is COC(=O)c1ccc(C(=O)OC)c(NC(=S)N2CCCCC2c2cccnc2)c1. The van der Waals surface area contributed by atoms with Crippen molar-refractivity contribution in [3.05, 3.63) is 59.4 Å². The molecule has 1 fully saturated rings. The fourth-order valence-electron chi connectivity index (χ4n) is 3.46. The van der Waals surface area contributed by atoms with Crippen LogP contribution in [0.3, 0.4) is 0 Å². The van der Waals surface area contributed by atoms with Crippen LogP contribution in [0.15, 0.2) is 42.7 Å². The molecule has 1 unspecified atom stereocenters. The fourth-order valence-corrected chi connectivity index (χ4v) is 3.79. The number of ether oxygens (including phenoxy) is 2. The van der Waals surface area contributed by atoms with E-state index in [1.54, 1.807) is 12.3 Å². The molecule has 1 aliphatic rings. The molecule has 0 amide bonds. The maximum absolute atomic E-state index is 12.2. The molecule has 0 saturated carbocycles. The molecule has 152 valence electrons. The Morgan fingerprint density at radius 1 is 1.17 bits per heavy atom. The first kappa shape index (κ1) is 20.7. The van der Waals surface area contributed by atoms with E-state index in [9.17, 15) is 9.59 Å². The molecule has 2 heterocycles. The van der Waals surface area contributed by atoms with E-state index in [0.717, 1.165) is 31.4 Å². The Bertz CT molecular complexity index is 904. The van der Waals surface area contributed by atoms with Crippen molar-refractivity contribution in [3.8, 4) is 0 Å². The van der Waals surface area contributed by atoms with Gasteiger partial charge in [0.25, 0.3) is 0 Å². The maximum Gasteiger partial charge on any atom is 0.339 e. The van der Waals surface area contributed by atoms with Crippen molar-refractivity contribution in [1.29, 1.82) is 0 Å². The van der Waals surface area contributed by atoms with Gasteiger partial charge in [0.15, 0.2) is 5.11 Å². The zero-order chi connectivity index (χ0) is 20.8. The average molecular weight is 413 g/mol. The number of piperidine rings is 1. The number of thiocarbonyl (C=S) groups is 1. The lowest BCUT2D eigenvalue weighted by atomic mass is 9.97. The number of anilines is 1. The van der Waals surface area contributed by atoms with Gasteiger partial charge in [0.2, 0.25) is 0 Å². The topological polar surface area (TPSA) is 80.8 Å². The van der Waals surface area contributed by atoms with Crippen LogP contribution in [0.4, 0.5) is 5.69 Å². The molecule has 0 aliphatic carbocycles. The van der Waals surface area contributed by atoms with Crippen molar-refractivity contribution in [2.45, 2.75) is 25.3 Å². The van der Waals surface area contributed by atoms with Crippen LogP contribution in [-0.4, -0.2) is 47.7 Å². The Balaban J connectivity index is 1.89. The van der Waals surface area contributed by atoms with Gasteiger partial charge >= 0.3 is 11.9 Å². The molecule has 29 heavy (non-hydrogen) atoms. The Morgan fingerprint density at radius 2 is 1.97 bits per heavy atom.